The molecule has 3 rings (SSSR count). The minimum absolute atomic E-state index is 0.0208. The second-order valence-electron chi connectivity index (χ2n) is 5.64. The number of carbonyl (C=O) groups excluding carboxylic acids is 2. The van der Waals surface area contributed by atoms with Gasteiger partial charge in [-0.1, -0.05) is 30.3 Å². The lowest BCUT2D eigenvalue weighted by Crippen LogP contribution is -2.16. The van der Waals surface area contributed by atoms with Crippen molar-refractivity contribution in [3.05, 3.63) is 64.5 Å². The average molecular weight is 364 g/mol. The number of thiophene rings is 1. The Morgan fingerprint density at radius 1 is 1.15 bits per heavy atom. The molecule has 3 aromatic rings. The van der Waals surface area contributed by atoms with Crippen molar-refractivity contribution in [3.8, 4) is 6.07 Å². The first kappa shape index (κ1) is 17.6. The van der Waals surface area contributed by atoms with Gasteiger partial charge in [0, 0.05) is 4.70 Å². The molecule has 0 radical (unpaired) electrons. The third kappa shape index (κ3) is 3.73. The van der Waals surface area contributed by atoms with Crippen LogP contribution in [0.1, 0.15) is 27.2 Å². The van der Waals surface area contributed by atoms with Gasteiger partial charge in [-0.2, -0.15) is 5.26 Å². The van der Waals surface area contributed by atoms with Gasteiger partial charge in [0.1, 0.15) is 17.6 Å². The second-order valence-corrected chi connectivity index (χ2v) is 6.70. The molecule has 0 atom stereocenters. The van der Waals surface area contributed by atoms with Crippen LogP contribution in [0.15, 0.2) is 48.5 Å². The first-order chi connectivity index (χ1) is 12.6. The number of carbonyl (C=O) groups is 2. The number of hydrogen-bond donors (Lipinski definition) is 1. The van der Waals surface area contributed by atoms with Crippen molar-refractivity contribution in [2.24, 2.45) is 0 Å². The van der Waals surface area contributed by atoms with Crippen LogP contribution in [0.5, 0.6) is 0 Å². The van der Waals surface area contributed by atoms with E-state index in [9.17, 15) is 9.59 Å². The van der Waals surface area contributed by atoms with E-state index in [1.807, 2.05) is 37.3 Å². The number of nitrogens with zero attached hydrogens (tertiary/aromatic N) is 1. The lowest BCUT2D eigenvalue weighted by molar-refractivity contribution is -0.116. The molecule has 1 aromatic heterocycles. The summed E-state index contributed by atoms with van der Waals surface area (Å²) in [7, 11) is 0. The summed E-state index contributed by atoms with van der Waals surface area (Å²) in [6.45, 7) is 1.87. The molecule has 0 bridgehead atoms. The summed E-state index contributed by atoms with van der Waals surface area (Å²) >= 11 is 1.39. The number of anilines is 1. The smallest absolute Gasteiger partial charge is 0.348 e. The largest absolute Gasteiger partial charge is 0.461 e. The molecule has 1 amide bonds. The Bertz CT molecular complexity index is 1020. The third-order valence-corrected chi connectivity index (χ3v) is 5.17. The minimum Gasteiger partial charge on any atom is -0.461 e. The van der Waals surface area contributed by atoms with E-state index in [0.29, 0.717) is 16.1 Å². The molecule has 0 saturated carbocycles. The van der Waals surface area contributed by atoms with Crippen molar-refractivity contribution in [1.82, 2.24) is 0 Å². The molecule has 0 spiro atoms. The second kappa shape index (κ2) is 7.81. The zero-order chi connectivity index (χ0) is 18.5. The van der Waals surface area contributed by atoms with E-state index in [2.05, 4.69) is 5.32 Å². The van der Waals surface area contributed by atoms with Crippen LogP contribution < -0.4 is 5.32 Å². The first-order valence-corrected chi connectivity index (χ1v) is 8.86. The zero-order valence-corrected chi connectivity index (χ0v) is 14.9. The number of aryl methyl sites for hydroxylation is 1. The van der Waals surface area contributed by atoms with Crippen LogP contribution in [0.25, 0.3) is 10.1 Å². The van der Waals surface area contributed by atoms with Crippen LogP contribution in [-0.2, 0) is 9.53 Å². The van der Waals surface area contributed by atoms with Crippen LogP contribution in [-0.4, -0.2) is 18.5 Å². The fraction of sp³-hybridized carbons (Fsp3) is 0.150. The SMILES string of the molecule is Cc1c(C(=O)OCCC(=O)Nc2ccccc2C#N)sc2ccccc12. The Labute approximate surface area is 154 Å². The molecule has 0 aliphatic rings. The number of hydrogen-bond acceptors (Lipinski definition) is 5. The summed E-state index contributed by atoms with van der Waals surface area (Å²) in [6, 6.07) is 16.6. The quantitative estimate of drug-likeness (QED) is 0.686. The highest BCUT2D eigenvalue weighted by Gasteiger charge is 2.17. The molecule has 0 unspecified atom stereocenters. The number of ether oxygens (including phenoxy) is 1. The molecule has 26 heavy (non-hydrogen) atoms. The molecule has 1 heterocycles. The zero-order valence-electron chi connectivity index (χ0n) is 14.1. The van der Waals surface area contributed by atoms with E-state index in [0.717, 1.165) is 15.6 Å². The maximum absolute atomic E-state index is 12.3. The van der Waals surface area contributed by atoms with Crippen molar-refractivity contribution < 1.29 is 14.3 Å². The average Bonchev–Trinajstić information content (AvgIpc) is 2.99. The lowest BCUT2D eigenvalue weighted by atomic mass is 10.1. The van der Waals surface area contributed by atoms with Gasteiger partial charge in [-0.3, -0.25) is 4.79 Å². The molecule has 130 valence electrons. The van der Waals surface area contributed by atoms with E-state index < -0.39 is 5.97 Å². The molecule has 2 aromatic carbocycles. The number of nitrogens with one attached hydrogen (secondary N) is 1. The number of fused-ring (bicyclic) bond motifs is 1. The predicted molar refractivity (Wildman–Crippen MR) is 101 cm³/mol. The van der Waals surface area contributed by atoms with Crippen molar-refractivity contribution in [1.29, 1.82) is 5.26 Å². The molecular formula is C20H16N2O3S. The standard InChI is InChI=1S/C20H16N2O3S/c1-13-15-7-3-5-9-17(15)26-19(13)20(24)25-11-10-18(23)22-16-8-4-2-6-14(16)12-21/h2-9H,10-11H2,1H3,(H,22,23). The summed E-state index contributed by atoms with van der Waals surface area (Å²) < 4.78 is 6.28. The van der Waals surface area contributed by atoms with Gasteiger partial charge in [0.25, 0.3) is 0 Å². The van der Waals surface area contributed by atoms with Gasteiger partial charge in [0.05, 0.1) is 17.7 Å². The first-order valence-electron chi connectivity index (χ1n) is 8.04. The van der Waals surface area contributed by atoms with Crippen LogP contribution in [0.2, 0.25) is 0 Å². The molecule has 0 aliphatic heterocycles. The number of rotatable bonds is 5. The summed E-state index contributed by atoms with van der Waals surface area (Å²) in [4.78, 5) is 24.8. The fourth-order valence-corrected chi connectivity index (χ4v) is 3.68. The molecule has 0 saturated heterocycles. The Morgan fingerprint density at radius 3 is 2.65 bits per heavy atom. The maximum Gasteiger partial charge on any atom is 0.348 e. The molecule has 0 aliphatic carbocycles. The molecule has 5 nitrogen and oxygen atoms in total. The van der Waals surface area contributed by atoms with Crippen LogP contribution in [0.3, 0.4) is 0 Å². The number of nitriles is 1. The lowest BCUT2D eigenvalue weighted by Gasteiger charge is -2.07. The summed E-state index contributed by atoms with van der Waals surface area (Å²) in [5.41, 5.74) is 1.73. The molecule has 0 fully saturated rings. The van der Waals surface area contributed by atoms with E-state index in [4.69, 9.17) is 10.00 Å². The summed E-state index contributed by atoms with van der Waals surface area (Å²) in [6.07, 6.45) is 0.0233. The van der Waals surface area contributed by atoms with E-state index in [1.165, 1.54) is 11.3 Å². The Hall–Kier alpha value is -3.17. The fourth-order valence-electron chi connectivity index (χ4n) is 2.57. The van der Waals surface area contributed by atoms with Gasteiger partial charge < -0.3 is 10.1 Å². The minimum atomic E-state index is -0.422. The highest BCUT2D eigenvalue weighted by molar-refractivity contribution is 7.21. The van der Waals surface area contributed by atoms with E-state index in [1.54, 1.807) is 24.3 Å². The van der Waals surface area contributed by atoms with Gasteiger partial charge in [-0.05, 0) is 36.1 Å². The predicted octanol–water partition coefficient (Wildman–Crippen LogP) is 4.27. The highest BCUT2D eigenvalue weighted by Crippen LogP contribution is 2.31. The van der Waals surface area contributed by atoms with Gasteiger partial charge in [-0.15, -0.1) is 11.3 Å². The summed E-state index contributed by atoms with van der Waals surface area (Å²) in [5.74, 6) is -0.734. The molecule has 1 N–H and O–H groups in total. The van der Waals surface area contributed by atoms with Crippen molar-refractivity contribution in [2.45, 2.75) is 13.3 Å². The van der Waals surface area contributed by atoms with Crippen LogP contribution >= 0.6 is 11.3 Å². The molecular weight excluding hydrogens is 348 g/mol. The number of esters is 1. The Kier molecular flexibility index (Phi) is 5.30. The van der Waals surface area contributed by atoms with Crippen molar-refractivity contribution in [2.75, 3.05) is 11.9 Å². The van der Waals surface area contributed by atoms with Crippen molar-refractivity contribution >= 4 is 39.0 Å². The van der Waals surface area contributed by atoms with Gasteiger partial charge in [0.15, 0.2) is 0 Å². The third-order valence-electron chi connectivity index (χ3n) is 3.91. The summed E-state index contributed by atoms with van der Waals surface area (Å²) in [5, 5.41) is 12.7. The molecule has 6 heteroatoms. The van der Waals surface area contributed by atoms with E-state index in [-0.39, 0.29) is 18.9 Å². The van der Waals surface area contributed by atoms with Gasteiger partial charge in [0.2, 0.25) is 5.91 Å². The maximum atomic E-state index is 12.3. The van der Waals surface area contributed by atoms with Gasteiger partial charge >= 0.3 is 5.97 Å². The monoisotopic (exact) mass is 364 g/mol. The van der Waals surface area contributed by atoms with Crippen LogP contribution in [0, 0.1) is 18.3 Å². The van der Waals surface area contributed by atoms with Crippen molar-refractivity contribution in [3.63, 3.8) is 0 Å². The Balaban J connectivity index is 1.57. The van der Waals surface area contributed by atoms with Crippen LogP contribution in [0.4, 0.5) is 5.69 Å². The normalized spacial score (nSPS) is 10.3. The van der Waals surface area contributed by atoms with Gasteiger partial charge in [-0.25, -0.2) is 4.79 Å². The number of benzene rings is 2. The van der Waals surface area contributed by atoms with E-state index >= 15 is 0 Å². The number of amides is 1. The highest BCUT2D eigenvalue weighted by atomic mass is 32.1. The topological polar surface area (TPSA) is 79.2 Å². The number of para-hydroxylation sites is 1. The Morgan fingerprint density at radius 2 is 1.88 bits per heavy atom.